The highest BCUT2D eigenvalue weighted by molar-refractivity contribution is 5.83. The van der Waals surface area contributed by atoms with Crippen molar-refractivity contribution in [2.45, 2.75) is 51.6 Å². The summed E-state index contributed by atoms with van der Waals surface area (Å²) in [6.45, 7) is 6.89. The number of rotatable bonds is 4. The molecule has 0 spiro atoms. The fraction of sp³-hybridized carbons (Fsp3) is 0.545. The molecule has 0 bridgehead atoms. The van der Waals surface area contributed by atoms with E-state index in [1.54, 1.807) is 0 Å². The third kappa shape index (κ3) is 3.33. The Hall–Kier alpha value is -2.58. The lowest BCUT2D eigenvalue weighted by atomic mass is 10.00. The number of morpholine rings is 1. The Morgan fingerprint density at radius 3 is 2.70 bits per heavy atom. The van der Waals surface area contributed by atoms with Crippen LogP contribution in [0.5, 0.6) is 0 Å². The average Bonchev–Trinajstić information content (AvgIpc) is 3.45. The number of ether oxygens (including phenoxy) is 1. The Balaban J connectivity index is 1.66. The van der Waals surface area contributed by atoms with Gasteiger partial charge in [0, 0.05) is 18.7 Å². The molecular formula is C22H28N6O2. The van der Waals surface area contributed by atoms with E-state index < -0.39 is 0 Å². The molecule has 3 aromatic rings. The van der Waals surface area contributed by atoms with Crippen molar-refractivity contribution in [3.05, 3.63) is 51.1 Å². The first-order valence-corrected chi connectivity index (χ1v) is 10.9. The molecule has 0 unspecified atom stereocenters. The summed E-state index contributed by atoms with van der Waals surface area (Å²) in [6, 6.07) is 6.22. The molecule has 1 aliphatic heterocycles. The molecule has 1 N–H and O–H groups in total. The second-order valence-electron chi connectivity index (χ2n) is 8.50. The van der Waals surface area contributed by atoms with E-state index in [9.17, 15) is 4.79 Å². The van der Waals surface area contributed by atoms with Crippen molar-refractivity contribution in [3.63, 3.8) is 0 Å². The molecule has 1 saturated heterocycles. The maximum atomic E-state index is 13.3. The molecule has 8 heteroatoms. The van der Waals surface area contributed by atoms with Gasteiger partial charge in [-0.2, -0.15) is 0 Å². The van der Waals surface area contributed by atoms with Crippen LogP contribution in [0.2, 0.25) is 0 Å². The molecule has 0 radical (unpaired) electrons. The molecule has 5 rings (SSSR count). The van der Waals surface area contributed by atoms with Crippen LogP contribution in [0.1, 0.15) is 60.3 Å². The zero-order chi connectivity index (χ0) is 20.7. The van der Waals surface area contributed by atoms with Gasteiger partial charge in [-0.3, -0.25) is 9.69 Å². The van der Waals surface area contributed by atoms with Crippen molar-refractivity contribution in [1.82, 2.24) is 30.1 Å². The molecule has 158 valence electrons. The summed E-state index contributed by atoms with van der Waals surface area (Å²) in [5, 5.41) is 13.8. The summed E-state index contributed by atoms with van der Waals surface area (Å²) in [4.78, 5) is 18.7. The second-order valence-corrected chi connectivity index (χ2v) is 8.50. The number of aromatic amines is 1. The number of hydrogen-bond acceptors (Lipinski definition) is 6. The van der Waals surface area contributed by atoms with Gasteiger partial charge in [-0.1, -0.05) is 25.0 Å². The molecule has 2 aromatic heterocycles. The highest BCUT2D eigenvalue weighted by Crippen LogP contribution is 2.34. The molecule has 1 aromatic carbocycles. The molecule has 8 nitrogen and oxygen atoms in total. The third-order valence-corrected chi connectivity index (χ3v) is 6.72. The number of aryl methyl sites for hydroxylation is 2. The van der Waals surface area contributed by atoms with Gasteiger partial charge in [0.25, 0.3) is 5.56 Å². The monoisotopic (exact) mass is 408 g/mol. The lowest BCUT2D eigenvalue weighted by Crippen LogP contribution is -2.42. The largest absolute Gasteiger partial charge is 0.379 e. The summed E-state index contributed by atoms with van der Waals surface area (Å²) in [7, 11) is 0. The first-order chi connectivity index (χ1) is 14.6. The van der Waals surface area contributed by atoms with Crippen LogP contribution in [0, 0.1) is 13.8 Å². The first kappa shape index (κ1) is 19.4. The average molecular weight is 409 g/mol. The Bertz CT molecular complexity index is 1110. The number of hydrogen-bond donors (Lipinski definition) is 1. The number of tetrazole rings is 1. The van der Waals surface area contributed by atoms with Gasteiger partial charge in [0.2, 0.25) is 0 Å². The normalized spacial score (nSPS) is 19.5. The maximum absolute atomic E-state index is 13.3. The van der Waals surface area contributed by atoms with Crippen LogP contribution in [0.3, 0.4) is 0 Å². The van der Waals surface area contributed by atoms with E-state index in [1.165, 1.54) is 18.4 Å². The Morgan fingerprint density at radius 1 is 1.17 bits per heavy atom. The van der Waals surface area contributed by atoms with Crippen LogP contribution in [-0.4, -0.2) is 56.4 Å². The number of aromatic nitrogens is 5. The van der Waals surface area contributed by atoms with Crippen molar-refractivity contribution in [2.75, 3.05) is 26.3 Å². The Morgan fingerprint density at radius 2 is 1.93 bits per heavy atom. The molecule has 1 saturated carbocycles. The van der Waals surface area contributed by atoms with Gasteiger partial charge in [0.1, 0.15) is 6.04 Å². The zero-order valence-electron chi connectivity index (χ0n) is 17.6. The molecule has 1 atom stereocenters. The van der Waals surface area contributed by atoms with E-state index in [2.05, 4.69) is 44.5 Å². The van der Waals surface area contributed by atoms with Gasteiger partial charge >= 0.3 is 0 Å². The van der Waals surface area contributed by atoms with Gasteiger partial charge < -0.3 is 9.72 Å². The number of fused-ring (bicyclic) bond motifs is 1. The molecule has 2 fully saturated rings. The highest BCUT2D eigenvalue weighted by Gasteiger charge is 2.33. The Kier molecular flexibility index (Phi) is 5.12. The van der Waals surface area contributed by atoms with E-state index in [-0.39, 0.29) is 11.6 Å². The Labute approximate surface area is 175 Å². The minimum atomic E-state index is -0.292. The summed E-state index contributed by atoms with van der Waals surface area (Å²) in [5.41, 5.74) is 3.80. The summed E-state index contributed by atoms with van der Waals surface area (Å²) in [6.07, 6.45) is 4.56. The van der Waals surface area contributed by atoms with Crippen molar-refractivity contribution >= 4 is 10.9 Å². The highest BCUT2D eigenvalue weighted by atomic mass is 16.5. The first-order valence-electron chi connectivity index (χ1n) is 10.9. The number of benzene rings is 1. The lowest BCUT2D eigenvalue weighted by Gasteiger charge is -2.34. The standard InChI is InChI=1S/C22H28N6O2/c1-14-7-8-16-13-18(22(29)23-19(16)15(14)2)20(27-9-11-30-12-10-27)21-24-25-26-28(21)17-5-3-4-6-17/h7-8,13,17,20H,3-6,9-12H2,1-2H3,(H,23,29)/t20-/m1/s1. The van der Waals surface area contributed by atoms with E-state index in [0.717, 1.165) is 48.2 Å². The van der Waals surface area contributed by atoms with E-state index >= 15 is 0 Å². The van der Waals surface area contributed by atoms with E-state index in [0.29, 0.717) is 24.8 Å². The lowest BCUT2D eigenvalue weighted by molar-refractivity contribution is 0.0211. The van der Waals surface area contributed by atoms with Crippen LogP contribution in [-0.2, 0) is 4.74 Å². The molecular weight excluding hydrogens is 380 g/mol. The van der Waals surface area contributed by atoms with Gasteiger partial charge in [-0.25, -0.2) is 4.68 Å². The molecule has 3 heterocycles. The third-order valence-electron chi connectivity index (χ3n) is 6.72. The molecule has 2 aliphatic rings. The van der Waals surface area contributed by atoms with E-state index in [1.807, 2.05) is 17.7 Å². The van der Waals surface area contributed by atoms with E-state index in [4.69, 9.17) is 4.74 Å². The minimum Gasteiger partial charge on any atom is -0.379 e. The van der Waals surface area contributed by atoms with Crippen LogP contribution in [0.4, 0.5) is 0 Å². The summed E-state index contributed by atoms with van der Waals surface area (Å²) in [5.74, 6) is 0.762. The van der Waals surface area contributed by atoms with Crippen LogP contribution in [0.25, 0.3) is 10.9 Å². The van der Waals surface area contributed by atoms with Crippen LogP contribution < -0.4 is 5.56 Å². The van der Waals surface area contributed by atoms with Crippen molar-refractivity contribution in [1.29, 1.82) is 0 Å². The quantitative estimate of drug-likeness (QED) is 0.714. The fourth-order valence-corrected chi connectivity index (χ4v) is 4.87. The molecule has 1 aliphatic carbocycles. The zero-order valence-corrected chi connectivity index (χ0v) is 17.6. The number of H-pyrrole nitrogens is 1. The number of nitrogens with zero attached hydrogens (tertiary/aromatic N) is 5. The smallest absolute Gasteiger partial charge is 0.253 e. The number of nitrogens with one attached hydrogen (secondary N) is 1. The van der Waals surface area contributed by atoms with Crippen molar-refractivity contribution < 1.29 is 4.74 Å². The molecule has 0 amide bonds. The topological polar surface area (TPSA) is 88.9 Å². The predicted molar refractivity (Wildman–Crippen MR) is 114 cm³/mol. The van der Waals surface area contributed by atoms with Crippen molar-refractivity contribution in [3.8, 4) is 0 Å². The second kappa shape index (κ2) is 7.92. The summed E-state index contributed by atoms with van der Waals surface area (Å²) < 4.78 is 7.55. The van der Waals surface area contributed by atoms with Crippen LogP contribution in [0.15, 0.2) is 23.0 Å². The van der Waals surface area contributed by atoms with Gasteiger partial charge in [-0.15, -0.1) is 5.10 Å². The van der Waals surface area contributed by atoms with Gasteiger partial charge in [-0.05, 0) is 59.7 Å². The van der Waals surface area contributed by atoms with Gasteiger partial charge in [0.15, 0.2) is 5.82 Å². The maximum Gasteiger partial charge on any atom is 0.253 e. The number of pyridine rings is 1. The minimum absolute atomic E-state index is 0.0753. The van der Waals surface area contributed by atoms with Crippen molar-refractivity contribution in [2.24, 2.45) is 0 Å². The summed E-state index contributed by atoms with van der Waals surface area (Å²) >= 11 is 0. The predicted octanol–water partition coefficient (Wildman–Crippen LogP) is 2.67. The SMILES string of the molecule is Cc1ccc2cc([C@H](c3nnnn3C3CCCC3)N3CCOCC3)c(=O)[nH]c2c1C. The van der Waals surface area contributed by atoms with Crippen LogP contribution >= 0.6 is 0 Å². The van der Waals surface area contributed by atoms with Gasteiger partial charge in [0.05, 0.1) is 24.8 Å². The fourth-order valence-electron chi connectivity index (χ4n) is 4.87. The molecule has 30 heavy (non-hydrogen) atoms.